The second kappa shape index (κ2) is 3.24. The summed E-state index contributed by atoms with van der Waals surface area (Å²) < 4.78 is 6.04. The van der Waals surface area contributed by atoms with Crippen LogP contribution >= 0.6 is 11.3 Å². The van der Waals surface area contributed by atoms with Gasteiger partial charge in [0.1, 0.15) is 0 Å². The van der Waals surface area contributed by atoms with Crippen LogP contribution in [0.15, 0.2) is 11.6 Å². The summed E-state index contributed by atoms with van der Waals surface area (Å²) in [5, 5.41) is 2.26. The number of hydrogen-bond acceptors (Lipinski definition) is 5. The molecule has 3 fully saturated rings. The number of anilines is 1. The van der Waals surface area contributed by atoms with Gasteiger partial charge in [0, 0.05) is 11.6 Å². The highest BCUT2D eigenvalue weighted by Gasteiger charge is 2.72. The second-order valence-electron chi connectivity index (χ2n) is 6.01. The Bertz CT molecular complexity index is 553. The summed E-state index contributed by atoms with van der Waals surface area (Å²) in [6.07, 6.45) is 3.30. The number of fused-ring (bicyclic) bond motifs is 5. The Kier molecular flexibility index (Phi) is 1.97. The van der Waals surface area contributed by atoms with E-state index in [-0.39, 0.29) is 23.7 Å². The number of rotatable bonds is 1. The highest BCUT2D eigenvalue weighted by molar-refractivity contribution is 7.14. The first-order valence-electron chi connectivity index (χ1n) is 6.44. The molecule has 100 valence electrons. The molecule has 2 bridgehead atoms. The lowest BCUT2D eigenvalue weighted by atomic mass is 9.69. The van der Waals surface area contributed by atoms with Gasteiger partial charge >= 0.3 is 0 Å². The lowest BCUT2D eigenvalue weighted by Crippen LogP contribution is -2.40. The Balaban J connectivity index is 1.83. The second-order valence-corrected chi connectivity index (χ2v) is 6.88. The monoisotopic (exact) mass is 278 g/mol. The summed E-state index contributed by atoms with van der Waals surface area (Å²) in [6, 6.07) is 0. The van der Waals surface area contributed by atoms with E-state index in [1.807, 2.05) is 13.8 Å². The van der Waals surface area contributed by atoms with Crippen LogP contribution in [-0.2, 0) is 14.3 Å². The molecule has 3 aliphatic rings. The average Bonchev–Trinajstić information content (AvgIpc) is 3.03. The highest BCUT2D eigenvalue weighted by atomic mass is 32.1. The van der Waals surface area contributed by atoms with Crippen LogP contribution in [0.1, 0.15) is 26.7 Å². The zero-order valence-electron chi connectivity index (χ0n) is 10.8. The molecule has 2 amide bonds. The molecule has 1 aromatic heterocycles. The van der Waals surface area contributed by atoms with E-state index in [1.54, 1.807) is 11.6 Å². The molecule has 0 spiro atoms. The molecule has 0 aliphatic carbocycles. The lowest BCUT2D eigenvalue weighted by Gasteiger charge is -2.27. The largest absolute Gasteiger partial charge is 0.367 e. The molecule has 0 aromatic carbocycles. The summed E-state index contributed by atoms with van der Waals surface area (Å²) in [7, 11) is 0. The van der Waals surface area contributed by atoms with Crippen molar-refractivity contribution < 1.29 is 14.3 Å². The minimum absolute atomic E-state index is 0.143. The van der Waals surface area contributed by atoms with E-state index in [9.17, 15) is 9.59 Å². The molecular formula is C13H14N2O3S. The summed E-state index contributed by atoms with van der Waals surface area (Å²) in [6.45, 7) is 3.92. The van der Waals surface area contributed by atoms with Gasteiger partial charge in [0.25, 0.3) is 0 Å². The van der Waals surface area contributed by atoms with Gasteiger partial charge < -0.3 is 4.74 Å². The van der Waals surface area contributed by atoms with E-state index in [1.165, 1.54) is 16.2 Å². The van der Waals surface area contributed by atoms with Crippen LogP contribution in [-0.4, -0.2) is 28.0 Å². The van der Waals surface area contributed by atoms with Crippen molar-refractivity contribution in [3.63, 3.8) is 0 Å². The van der Waals surface area contributed by atoms with Gasteiger partial charge in [0.05, 0.1) is 23.0 Å². The predicted octanol–water partition coefficient (Wildman–Crippen LogP) is 1.59. The third kappa shape index (κ3) is 1.21. The summed E-state index contributed by atoms with van der Waals surface area (Å²) in [5.41, 5.74) is -0.976. The zero-order chi connectivity index (χ0) is 13.4. The maximum absolute atomic E-state index is 12.6. The molecule has 5 nitrogen and oxygen atoms in total. The van der Waals surface area contributed by atoms with Gasteiger partial charge in [-0.2, -0.15) is 0 Å². The predicted molar refractivity (Wildman–Crippen MR) is 68.7 cm³/mol. The van der Waals surface area contributed by atoms with Crippen LogP contribution in [0.5, 0.6) is 0 Å². The molecule has 1 aromatic rings. The molecule has 4 atom stereocenters. The van der Waals surface area contributed by atoms with Gasteiger partial charge in [-0.3, -0.25) is 9.59 Å². The third-order valence-corrected chi connectivity index (χ3v) is 5.57. The Hall–Kier alpha value is -1.27. The molecule has 0 N–H and O–H groups in total. The smallest absolute Gasteiger partial charge is 0.242 e. The van der Waals surface area contributed by atoms with Gasteiger partial charge in [-0.15, -0.1) is 11.3 Å². The molecule has 19 heavy (non-hydrogen) atoms. The number of ether oxygens (including phenoxy) is 1. The maximum Gasteiger partial charge on any atom is 0.242 e. The zero-order valence-corrected chi connectivity index (χ0v) is 11.6. The van der Waals surface area contributed by atoms with Crippen LogP contribution < -0.4 is 4.90 Å². The van der Waals surface area contributed by atoms with Crippen molar-refractivity contribution in [3.8, 4) is 0 Å². The van der Waals surface area contributed by atoms with Crippen molar-refractivity contribution in [3.05, 3.63) is 11.6 Å². The number of nitrogens with zero attached hydrogens (tertiary/aromatic N) is 2. The standard InChI is InChI=1S/C13H14N2O3S/c1-12-3-4-13(2,18-12)8-7(12)9(16)15(10(8)17)11-14-5-6-19-11/h5-8H,3-4H2,1-2H3/t7-,8-,12-,13+/m1/s1. The van der Waals surface area contributed by atoms with Crippen LogP contribution in [0, 0.1) is 11.8 Å². The molecule has 0 radical (unpaired) electrons. The first-order valence-corrected chi connectivity index (χ1v) is 7.32. The summed E-state index contributed by atoms with van der Waals surface area (Å²) in [5.74, 6) is -0.975. The third-order valence-electron chi connectivity index (χ3n) is 4.82. The number of thiazole rings is 1. The minimum atomic E-state index is -0.488. The van der Waals surface area contributed by atoms with Gasteiger partial charge in [0.2, 0.25) is 11.8 Å². The number of imide groups is 1. The van der Waals surface area contributed by atoms with E-state index in [2.05, 4.69) is 4.98 Å². The fourth-order valence-electron chi connectivity index (χ4n) is 3.98. The summed E-state index contributed by atoms with van der Waals surface area (Å²) in [4.78, 5) is 30.6. The van der Waals surface area contributed by atoms with E-state index in [4.69, 9.17) is 4.74 Å². The van der Waals surface area contributed by atoms with Crippen LogP contribution in [0.4, 0.5) is 5.13 Å². The van der Waals surface area contributed by atoms with Crippen molar-refractivity contribution >= 4 is 28.3 Å². The van der Waals surface area contributed by atoms with Gasteiger partial charge in [-0.1, -0.05) is 0 Å². The first kappa shape index (κ1) is 11.5. The van der Waals surface area contributed by atoms with Crippen molar-refractivity contribution in [2.75, 3.05) is 4.90 Å². The first-order chi connectivity index (χ1) is 8.96. The number of carbonyl (C=O) groups excluding carboxylic acids is 2. The van der Waals surface area contributed by atoms with Crippen molar-refractivity contribution in [2.24, 2.45) is 11.8 Å². The normalized spacial score (nSPS) is 44.2. The Morgan fingerprint density at radius 1 is 1.26 bits per heavy atom. The molecule has 4 rings (SSSR count). The Morgan fingerprint density at radius 3 is 2.32 bits per heavy atom. The minimum Gasteiger partial charge on any atom is -0.367 e. The molecule has 4 heterocycles. The Labute approximate surface area is 114 Å². The van der Waals surface area contributed by atoms with Crippen LogP contribution in [0.3, 0.4) is 0 Å². The van der Waals surface area contributed by atoms with Crippen molar-refractivity contribution in [1.29, 1.82) is 0 Å². The highest BCUT2D eigenvalue weighted by Crippen LogP contribution is 2.60. The lowest BCUT2D eigenvalue weighted by molar-refractivity contribution is -0.129. The van der Waals surface area contributed by atoms with E-state index < -0.39 is 11.2 Å². The molecule has 3 saturated heterocycles. The number of carbonyl (C=O) groups is 2. The fraction of sp³-hybridized carbons (Fsp3) is 0.615. The van der Waals surface area contributed by atoms with Crippen molar-refractivity contribution in [2.45, 2.75) is 37.9 Å². The molecule has 0 unspecified atom stereocenters. The molecule has 0 saturated carbocycles. The fourth-order valence-corrected chi connectivity index (χ4v) is 4.63. The topological polar surface area (TPSA) is 59.5 Å². The van der Waals surface area contributed by atoms with E-state index >= 15 is 0 Å². The van der Waals surface area contributed by atoms with E-state index in [0.29, 0.717) is 5.13 Å². The molecule has 3 aliphatic heterocycles. The number of aromatic nitrogens is 1. The van der Waals surface area contributed by atoms with Crippen LogP contribution in [0.2, 0.25) is 0 Å². The molecule has 6 heteroatoms. The SMILES string of the molecule is C[C@]12CC[C@](C)(O1)[C@H]1C(=O)N(c3nccs3)C(=O)[C@@H]12. The van der Waals surface area contributed by atoms with E-state index in [0.717, 1.165) is 12.8 Å². The quantitative estimate of drug-likeness (QED) is 0.732. The number of amides is 2. The number of hydrogen-bond donors (Lipinski definition) is 0. The van der Waals surface area contributed by atoms with Crippen LogP contribution in [0.25, 0.3) is 0 Å². The summed E-state index contributed by atoms with van der Waals surface area (Å²) >= 11 is 1.32. The van der Waals surface area contributed by atoms with Gasteiger partial charge in [-0.05, 0) is 26.7 Å². The molecular weight excluding hydrogens is 264 g/mol. The Morgan fingerprint density at radius 2 is 1.84 bits per heavy atom. The van der Waals surface area contributed by atoms with Gasteiger partial charge in [0.15, 0.2) is 5.13 Å². The van der Waals surface area contributed by atoms with Gasteiger partial charge in [-0.25, -0.2) is 9.88 Å². The maximum atomic E-state index is 12.6. The average molecular weight is 278 g/mol. The van der Waals surface area contributed by atoms with Crippen molar-refractivity contribution in [1.82, 2.24) is 4.98 Å².